The molecule has 0 spiro atoms. The molecule has 0 amide bonds. The highest BCUT2D eigenvalue weighted by molar-refractivity contribution is 7.52. The number of nitrogens with zero attached hydrogens (tertiary/aromatic N) is 4. The molecule has 0 aliphatic carbocycles. The number of imidazole rings is 1. The van der Waals surface area contributed by atoms with E-state index in [9.17, 15) is 32.7 Å². The highest BCUT2D eigenvalue weighted by Crippen LogP contribution is 2.46. The lowest BCUT2D eigenvalue weighted by atomic mass is 10.1. The Morgan fingerprint density at radius 2 is 2.00 bits per heavy atom. The Labute approximate surface area is 211 Å². The summed E-state index contributed by atoms with van der Waals surface area (Å²) < 4.78 is 84.8. The number of para-hydroxylation sites is 1. The summed E-state index contributed by atoms with van der Waals surface area (Å²) in [5, 5.41) is 21.8. The van der Waals surface area contributed by atoms with Crippen LogP contribution in [0.3, 0.4) is 0 Å². The molecule has 206 valence electrons. The minimum atomic E-state index is -4.96. The van der Waals surface area contributed by atoms with Crippen LogP contribution in [-0.4, -0.2) is 66.7 Å². The van der Waals surface area contributed by atoms with Crippen LogP contribution in [0.1, 0.15) is 19.0 Å². The summed E-state index contributed by atoms with van der Waals surface area (Å²) in [6.45, 7) is 0.410. The molecule has 5 N–H and O–H groups in total. The van der Waals surface area contributed by atoms with E-state index in [1.165, 1.54) is 19.1 Å². The predicted molar refractivity (Wildman–Crippen MR) is 120 cm³/mol. The van der Waals surface area contributed by atoms with Crippen LogP contribution in [0.2, 0.25) is 0 Å². The first-order valence-corrected chi connectivity index (χ1v) is 12.4. The van der Waals surface area contributed by atoms with Crippen molar-refractivity contribution in [2.75, 3.05) is 12.3 Å². The molecule has 3 heterocycles. The van der Waals surface area contributed by atoms with E-state index in [-0.39, 0.29) is 11.3 Å². The van der Waals surface area contributed by atoms with Gasteiger partial charge in [-0.2, -0.15) is 18.3 Å². The number of halogens is 4. The van der Waals surface area contributed by atoms with Crippen molar-refractivity contribution >= 4 is 30.7 Å². The second-order valence-electron chi connectivity index (χ2n) is 8.14. The van der Waals surface area contributed by atoms with Crippen molar-refractivity contribution in [2.45, 2.75) is 43.7 Å². The fourth-order valence-electron chi connectivity index (χ4n) is 3.49. The van der Waals surface area contributed by atoms with Crippen molar-refractivity contribution in [3.63, 3.8) is 0 Å². The molecule has 0 saturated carbocycles. The Hall–Kier alpha value is -3.37. The fourth-order valence-corrected chi connectivity index (χ4v) is 5.00. The van der Waals surface area contributed by atoms with Gasteiger partial charge in [-0.3, -0.25) is 13.9 Å². The quantitative estimate of drug-likeness (QED) is 0.220. The lowest BCUT2D eigenvalue weighted by Crippen LogP contribution is -2.36. The molecule has 1 aromatic carbocycles. The van der Waals surface area contributed by atoms with E-state index in [1.54, 1.807) is 18.2 Å². The Kier molecular flexibility index (Phi) is 7.58. The zero-order valence-corrected chi connectivity index (χ0v) is 20.2. The fraction of sp³-hybridized carbons (Fsp3) is 0.400. The summed E-state index contributed by atoms with van der Waals surface area (Å²) >= 11 is 0. The Morgan fingerprint density at radius 1 is 1.32 bits per heavy atom. The van der Waals surface area contributed by atoms with E-state index in [0.29, 0.717) is 0 Å². The van der Waals surface area contributed by atoms with E-state index >= 15 is 4.39 Å². The minimum Gasteiger partial charge on any atom is -0.480 e. The average molecular weight is 564 g/mol. The van der Waals surface area contributed by atoms with E-state index in [0.717, 1.165) is 10.9 Å². The van der Waals surface area contributed by atoms with Crippen molar-refractivity contribution in [3.8, 4) is 5.75 Å². The number of fused-ring (bicyclic) bond motifs is 1. The van der Waals surface area contributed by atoms with Crippen molar-refractivity contribution in [1.82, 2.24) is 24.6 Å². The van der Waals surface area contributed by atoms with Gasteiger partial charge in [0.1, 0.15) is 29.5 Å². The van der Waals surface area contributed by atoms with Crippen molar-refractivity contribution in [2.24, 2.45) is 0 Å². The zero-order valence-electron chi connectivity index (χ0n) is 19.3. The van der Waals surface area contributed by atoms with Gasteiger partial charge >= 0.3 is 19.9 Å². The smallest absolute Gasteiger partial charge is 0.459 e. The maximum absolute atomic E-state index is 15.1. The molecule has 1 fully saturated rings. The van der Waals surface area contributed by atoms with Gasteiger partial charge in [-0.05, 0) is 19.1 Å². The number of nitrogen functional groups attached to an aromatic ring is 1. The molecule has 1 unspecified atom stereocenters. The first-order valence-electron chi connectivity index (χ1n) is 10.8. The number of nitrogens with two attached hydrogens (primary N) is 1. The monoisotopic (exact) mass is 564 g/mol. The molecular weight excluding hydrogens is 543 g/mol. The number of aromatic nitrogens is 4. The molecular formula is C20H21F4N6O7P. The van der Waals surface area contributed by atoms with Gasteiger partial charge < -0.3 is 25.2 Å². The van der Waals surface area contributed by atoms with Gasteiger partial charge in [0.15, 0.2) is 23.9 Å². The number of benzene rings is 1. The number of carboxylic acids is 1. The molecule has 1 aliphatic heterocycles. The van der Waals surface area contributed by atoms with Crippen molar-refractivity contribution < 1.29 is 50.9 Å². The van der Waals surface area contributed by atoms with Gasteiger partial charge in [-0.25, -0.2) is 23.9 Å². The second kappa shape index (κ2) is 10.4. The molecule has 13 nitrogen and oxygen atoms in total. The standard InChI is InChI=1S/C20H21F4N6O7P/c1-9(18(32)33)29-38(34,37-10-5-3-2-4-6-10)35-7-11-14(31)12(21)17(36-11)30-8-26-13-15(25)27-19(20(22,23)24)28-16(13)30/h2-6,8-9,11-12,14,17,31H,7H2,1H3,(H,29,34)(H,32,33)(H2,25,27,28)/t9-,11+,12-,14+,17+,38?/m0/s1. The average Bonchev–Trinajstić information content (AvgIpc) is 3.39. The number of aliphatic hydroxyl groups excluding tert-OH is 1. The van der Waals surface area contributed by atoms with Crippen LogP contribution in [0.15, 0.2) is 36.7 Å². The number of carbonyl (C=O) groups is 1. The highest BCUT2D eigenvalue weighted by Gasteiger charge is 2.47. The number of ether oxygens (including phenoxy) is 1. The van der Waals surface area contributed by atoms with E-state index in [2.05, 4.69) is 20.0 Å². The summed E-state index contributed by atoms with van der Waals surface area (Å²) in [6, 6.07) is 6.20. The van der Waals surface area contributed by atoms with Crippen LogP contribution in [-0.2, 0) is 24.8 Å². The molecule has 0 bridgehead atoms. The second-order valence-corrected chi connectivity index (χ2v) is 9.83. The van der Waals surface area contributed by atoms with Gasteiger partial charge in [0.05, 0.1) is 12.9 Å². The zero-order chi connectivity index (χ0) is 27.8. The summed E-state index contributed by atoms with van der Waals surface area (Å²) in [6.07, 6.45) is -11.4. The minimum absolute atomic E-state index is 0.0534. The van der Waals surface area contributed by atoms with Gasteiger partial charge in [0.25, 0.3) is 0 Å². The first-order chi connectivity index (χ1) is 17.8. The molecule has 18 heteroatoms. The molecule has 3 aromatic rings. The van der Waals surface area contributed by atoms with E-state index in [1.807, 2.05) is 0 Å². The number of aliphatic hydroxyl groups is 1. The number of rotatable bonds is 9. The normalized spacial score (nSPS) is 24.3. The number of anilines is 1. The molecule has 0 radical (unpaired) electrons. The van der Waals surface area contributed by atoms with Crippen molar-refractivity contribution in [3.05, 3.63) is 42.5 Å². The number of alkyl halides is 4. The number of aliphatic carboxylic acids is 1. The van der Waals surface area contributed by atoms with Crippen LogP contribution in [0.5, 0.6) is 5.75 Å². The predicted octanol–water partition coefficient (Wildman–Crippen LogP) is 2.29. The summed E-state index contributed by atoms with van der Waals surface area (Å²) in [5.41, 5.74) is 4.80. The Bertz CT molecular complexity index is 1360. The van der Waals surface area contributed by atoms with Crippen LogP contribution < -0.4 is 15.3 Å². The lowest BCUT2D eigenvalue weighted by molar-refractivity contribution is -0.144. The van der Waals surface area contributed by atoms with Gasteiger partial charge in [-0.1, -0.05) is 18.2 Å². The van der Waals surface area contributed by atoms with Crippen molar-refractivity contribution in [1.29, 1.82) is 0 Å². The topological polar surface area (TPSA) is 184 Å². The maximum atomic E-state index is 15.1. The number of carboxylic acid groups (broad SMARTS) is 1. The van der Waals surface area contributed by atoms with Crippen LogP contribution in [0, 0.1) is 0 Å². The molecule has 4 rings (SSSR count). The summed E-state index contributed by atoms with van der Waals surface area (Å²) in [4.78, 5) is 21.6. The van der Waals surface area contributed by atoms with Crippen LogP contribution in [0.25, 0.3) is 11.2 Å². The molecule has 1 saturated heterocycles. The Morgan fingerprint density at radius 3 is 2.63 bits per heavy atom. The molecule has 2 aromatic heterocycles. The third-order valence-corrected chi connectivity index (χ3v) is 7.01. The number of nitrogens with one attached hydrogen (secondary N) is 1. The molecule has 38 heavy (non-hydrogen) atoms. The van der Waals surface area contributed by atoms with E-state index < -0.39 is 74.4 Å². The summed E-state index contributed by atoms with van der Waals surface area (Å²) in [7, 11) is -4.43. The third kappa shape index (κ3) is 5.71. The highest BCUT2D eigenvalue weighted by atomic mass is 31.2. The largest absolute Gasteiger partial charge is 0.480 e. The maximum Gasteiger partial charge on any atom is 0.459 e. The number of hydrogen-bond donors (Lipinski definition) is 4. The third-order valence-electron chi connectivity index (χ3n) is 5.37. The first kappa shape index (κ1) is 27.7. The molecule has 6 atom stereocenters. The van der Waals surface area contributed by atoms with E-state index in [4.69, 9.17) is 19.5 Å². The van der Waals surface area contributed by atoms with Crippen LogP contribution >= 0.6 is 7.75 Å². The van der Waals surface area contributed by atoms with Gasteiger partial charge in [0, 0.05) is 0 Å². The SMILES string of the molecule is C[C@H](NP(=O)(OC[C@H]1O[C@@H](n2cnc3c(N)nc(C(F)(F)F)nc32)[C@@H](F)[C@@H]1O)Oc1ccccc1)C(=O)O. The van der Waals surface area contributed by atoms with Gasteiger partial charge in [0.2, 0.25) is 5.82 Å². The van der Waals surface area contributed by atoms with Gasteiger partial charge in [-0.15, -0.1) is 0 Å². The summed E-state index contributed by atoms with van der Waals surface area (Å²) in [5.74, 6) is -3.51. The molecule has 1 aliphatic rings. The lowest BCUT2D eigenvalue weighted by Gasteiger charge is -2.23. The number of hydrogen-bond acceptors (Lipinski definition) is 10. The Balaban J connectivity index is 1.56. The van der Waals surface area contributed by atoms with Crippen LogP contribution in [0.4, 0.5) is 23.4 Å².